The van der Waals surface area contributed by atoms with Crippen molar-refractivity contribution in [2.75, 3.05) is 13.2 Å². The van der Waals surface area contributed by atoms with Gasteiger partial charge in [-0.3, -0.25) is 14.4 Å². The number of rotatable bonds is 63. The van der Waals surface area contributed by atoms with E-state index in [1.54, 1.807) is 0 Å². The number of ether oxygens (including phenoxy) is 3. The predicted octanol–water partition coefficient (Wildman–Crippen LogP) is 23.5. The van der Waals surface area contributed by atoms with Gasteiger partial charge in [0.15, 0.2) is 6.10 Å². The molecule has 0 N–H and O–H groups in total. The first kappa shape index (κ1) is 75.1. The molecule has 0 amide bonds. The minimum Gasteiger partial charge on any atom is -0.462 e. The maximum atomic E-state index is 12.9. The van der Waals surface area contributed by atoms with Gasteiger partial charge in [0.2, 0.25) is 0 Å². The molecule has 0 radical (unpaired) electrons. The molecule has 0 aliphatic heterocycles. The third kappa shape index (κ3) is 63.9. The number of carbonyl (C=O) groups excluding carboxylic acids is 3. The lowest BCUT2D eigenvalue weighted by Gasteiger charge is -2.18. The maximum absolute atomic E-state index is 12.9. The maximum Gasteiger partial charge on any atom is 0.306 e. The van der Waals surface area contributed by atoms with E-state index in [1.165, 1.54) is 238 Å². The molecule has 1 atom stereocenters. The van der Waals surface area contributed by atoms with Gasteiger partial charge in [0.25, 0.3) is 0 Å². The van der Waals surface area contributed by atoms with Gasteiger partial charge in [-0.25, -0.2) is 0 Å². The minimum absolute atomic E-state index is 0.0700. The van der Waals surface area contributed by atoms with Gasteiger partial charge in [-0.1, -0.05) is 319 Å². The molecule has 78 heavy (non-hydrogen) atoms. The Bertz CT molecular complexity index is 1390. The Morgan fingerprint density at radius 3 is 0.795 bits per heavy atom. The molecule has 0 aromatic carbocycles. The molecule has 1 unspecified atom stereocenters. The van der Waals surface area contributed by atoms with E-state index in [0.29, 0.717) is 19.3 Å². The first-order chi connectivity index (χ1) is 38.5. The molecule has 454 valence electrons. The van der Waals surface area contributed by atoms with Crippen molar-refractivity contribution in [3.05, 3.63) is 60.8 Å². The van der Waals surface area contributed by atoms with Crippen LogP contribution in [-0.2, 0) is 28.6 Å². The van der Waals surface area contributed by atoms with E-state index in [2.05, 4.69) is 81.5 Å². The average molecular weight is 1090 g/mol. The highest BCUT2D eigenvalue weighted by molar-refractivity contribution is 5.71. The number of carbonyl (C=O) groups is 3. The van der Waals surface area contributed by atoms with Crippen LogP contribution in [0.5, 0.6) is 0 Å². The van der Waals surface area contributed by atoms with Crippen LogP contribution in [0.25, 0.3) is 0 Å². The lowest BCUT2D eigenvalue weighted by Crippen LogP contribution is -2.30. The van der Waals surface area contributed by atoms with E-state index in [9.17, 15) is 14.4 Å². The zero-order chi connectivity index (χ0) is 56.4. The second-order valence-corrected chi connectivity index (χ2v) is 23.1. The summed E-state index contributed by atoms with van der Waals surface area (Å²) >= 11 is 0. The first-order valence-corrected chi connectivity index (χ1v) is 34.3. The predicted molar refractivity (Wildman–Crippen MR) is 339 cm³/mol. The number of hydrogen-bond acceptors (Lipinski definition) is 6. The Morgan fingerprint density at radius 2 is 0.500 bits per heavy atom. The van der Waals surface area contributed by atoms with E-state index in [0.717, 1.165) is 83.5 Å². The zero-order valence-corrected chi connectivity index (χ0v) is 52.2. The second kappa shape index (κ2) is 66.6. The highest BCUT2D eigenvalue weighted by Crippen LogP contribution is 2.18. The van der Waals surface area contributed by atoms with Crippen molar-refractivity contribution in [3.63, 3.8) is 0 Å². The molecular formula is C72H130O6. The number of allylic oxidation sites excluding steroid dienone is 10. The van der Waals surface area contributed by atoms with Gasteiger partial charge in [-0.05, 0) is 83.5 Å². The quantitative estimate of drug-likeness (QED) is 0.0261. The Hall–Kier alpha value is -2.89. The van der Waals surface area contributed by atoms with Crippen LogP contribution in [0.3, 0.4) is 0 Å². The number of hydrogen-bond donors (Lipinski definition) is 0. The molecule has 0 bridgehead atoms. The Kier molecular flexibility index (Phi) is 64.2. The summed E-state index contributed by atoms with van der Waals surface area (Å²) in [5, 5.41) is 0. The molecule has 0 aromatic heterocycles. The van der Waals surface area contributed by atoms with Gasteiger partial charge in [0.05, 0.1) is 0 Å². The van der Waals surface area contributed by atoms with E-state index < -0.39 is 6.10 Å². The van der Waals surface area contributed by atoms with Crippen molar-refractivity contribution < 1.29 is 28.6 Å². The Labute approximate surface area is 485 Å². The molecule has 0 spiro atoms. The summed E-state index contributed by atoms with van der Waals surface area (Å²) in [7, 11) is 0. The van der Waals surface area contributed by atoms with Gasteiger partial charge in [0.1, 0.15) is 13.2 Å². The average Bonchev–Trinajstić information content (AvgIpc) is 3.44. The summed E-state index contributed by atoms with van der Waals surface area (Å²) in [5.41, 5.74) is 0. The van der Waals surface area contributed by atoms with Crippen molar-refractivity contribution in [1.29, 1.82) is 0 Å². The normalized spacial score (nSPS) is 12.4. The highest BCUT2D eigenvalue weighted by Gasteiger charge is 2.19. The largest absolute Gasteiger partial charge is 0.462 e. The lowest BCUT2D eigenvalue weighted by atomic mass is 10.0. The summed E-state index contributed by atoms with van der Waals surface area (Å²) < 4.78 is 16.9. The van der Waals surface area contributed by atoms with Crippen LogP contribution >= 0.6 is 0 Å². The smallest absolute Gasteiger partial charge is 0.306 e. The summed E-state index contributed by atoms with van der Waals surface area (Å²) in [4.78, 5) is 38.1. The minimum atomic E-state index is -0.770. The third-order valence-electron chi connectivity index (χ3n) is 15.3. The van der Waals surface area contributed by atoms with Gasteiger partial charge in [0, 0.05) is 19.3 Å². The molecule has 0 rings (SSSR count). The molecule has 0 fully saturated rings. The van der Waals surface area contributed by atoms with E-state index >= 15 is 0 Å². The molecule has 0 saturated carbocycles. The molecule has 6 heteroatoms. The van der Waals surface area contributed by atoms with Crippen LogP contribution in [0.1, 0.15) is 361 Å². The topological polar surface area (TPSA) is 78.9 Å². The lowest BCUT2D eigenvalue weighted by molar-refractivity contribution is -0.167. The van der Waals surface area contributed by atoms with Crippen LogP contribution in [0.2, 0.25) is 0 Å². The monoisotopic (exact) mass is 1090 g/mol. The van der Waals surface area contributed by atoms with Crippen LogP contribution in [-0.4, -0.2) is 37.2 Å². The van der Waals surface area contributed by atoms with Crippen LogP contribution < -0.4 is 0 Å². The highest BCUT2D eigenvalue weighted by atomic mass is 16.6. The van der Waals surface area contributed by atoms with Crippen LogP contribution in [0.15, 0.2) is 60.8 Å². The molecule has 0 heterocycles. The van der Waals surface area contributed by atoms with E-state index in [1.807, 2.05) is 0 Å². The summed E-state index contributed by atoms with van der Waals surface area (Å²) in [5.74, 6) is -0.860. The van der Waals surface area contributed by atoms with Crippen molar-refractivity contribution in [2.24, 2.45) is 0 Å². The van der Waals surface area contributed by atoms with Crippen molar-refractivity contribution >= 4 is 17.9 Å². The zero-order valence-electron chi connectivity index (χ0n) is 52.2. The Morgan fingerprint density at radius 1 is 0.269 bits per heavy atom. The van der Waals surface area contributed by atoms with Crippen LogP contribution in [0.4, 0.5) is 0 Å². The van der Waals surface area contributed by atoms with E-state index in [-0.39, 0.29) is 31.1 Å². The van der Waals surface area contributed by atoms with Gasteiger partial charge >= 0.3 is 17.9 Å². The summed E-state index contributed by atoms with van der Waals surface area (Å²) in [6.07, 6.45) is 85.7. The van der Waals surface area contributed by atoms with E-state index in [4.69, 9.17) is 14.2 Å². The fourth-order valence-electron chi connectivity index (χ4n) is 10.1. The molecule has 0 saturated heterocycles. The summed E-state index contributed by atoms with van der Waals surface area (Å²) in [6.45, 7) is 6.53. The molecule has 0 aliphatic rings. The third-order valence-corrected chi connectivity index (χ3v) is 15.3. The van der Waals surface area contributed by atoms with Gasteiger partial charge in [-0.2, -0.15) is 0 Å². The number of unbranched alkanes of at least 4 members (excludes halogenated alkanes) is 42. The van der Waals surface area contributed by atoms with Crippen molar-refractivity contribution in [1.82, 2.24) is 0 Å². The number of esters is 3. The van der Waals surface area contributed by atoms with Crippen LogP contribution in [0, 0.1) is 0 Å². The Balaban J connectivity index is 3.95. The second-order valence-electron chi connectivity index (χ2n) is 23.1. The van der Waals surface area contributed by atoms with Crippen molar-refractivity contribution in [3.8, 4) is 0 Å². The molecule has 6 nitrogen and oxygen atoms in total. The first-order valence-electron chi connectivity index (χ1n) is 34.3. The van der Waals surface area contributed by atoms with Gasteiger partial charge in [-0.15, -0.1) is 0 Å². The standard InChI is InChI=1S/C72H130O6/c1-4-7-10-13-16-18-20-22-24-26-28-29-30-31-32-33-34-35-36-37-38-39-40-41-42-43-44-46-47-49-51-53-56-59-62-65-71(74)77-68-69(67-76-70(73)64-61-58-55-15-12-9-6-3)78-72(75)66-63-60-57-54-52-50-48-45-27-25-23-21-19-17-14-11-8-5-2/h7,10,16,18,22,24-25,27-29,69H,4-6,8-9,11-15,17,19-21,23,26,30-68H2,1-3H3/b10-7-,18-16-,24-22-,27-25-,29-28-. The summed E-state index contributed by atoms with van der Waals surface area (Å²) in [6, 6.07) is 0. The fourth-order valence-corrected chi connectivity index (χ4v) is 10.1. The van der Waals surface area contributed by atoms with Gasteiger partial charge < -0.3 is 14.2 Å². The molecular weight excluding hydrogens is 961 g/mol. The fraction of sp³-hybridized carbons (Fsp3) is 0.819. The molecule has 0 aromatic rings. The molecule has 0 aliphatic carbocycles. The van der Waals surface area contributed by atoms with Crippen molar-refractivity contribution in [2.45, 2.75) is 367 Å². The SMILES string of the molecule is CC/C=C\C/C=C\C/C=C\C/C=C\CCCCCCCCCCCCCCCCCCCCCCCCC(=O)OCC(COC(=O)CCCCCCCCC)OC(=O)CCCCCCCCC/C=C\CCCCCCCCC.